The topological polar surface area (TPSA) is 167 Å². The van der Waals surface area contributed by atoms with Crippen molar-refractivity contribution < 1.29 is 50.5 Å². The minimum Gasteiger partial charge on any atom is -0.569 e. The van der Waals surface area contributed by atoms with Gasteiger partial charge in [0.05, 0.1) is 28.3 Å². The number of halogens is 3. The van der Waals surface area contributed by atoms with Crippen molar-refractivity contribution in [2.75, 3.05) is 13.7 Å². The predicted octanol–water partition coefficient (Wildman–Crippen LogP) is 5.10. The summed E-state index contributed by atoms with van der Waals surface area (Å²) in [6.07, 6.45) is -7.14. The van der Waals surface area contributed by atoms with Crippen LogP contribution in [0, 0.1) is 12.1 Å². The molecule has 18 heteroatoms. The first kappa shape index (κ1) is 35.6. The number of amides is 1. The van der Waals surface area contributed by atoms with E-state index in [1.165, 1.54) is 40.0 Å². The maximum Gasteiger partial charge on any atom is 0.435 e. The Bertz CT molecular complexity index is 1670. The van der Waals surface area contributed by atoms with E-state index in [9.17, 15) is 36.4 Å². The Kier molecular flexibility index (Phi) is 10.9. The lowest BCUT2D eigenvalue weighted by molar-refractivity contribution is -0.722. The number of aryl methyl sites for hydroxylation is 1. The van der Waals surface area contributed by atoms with Crippen LogP contribution >= 0.6 is 0 Å². The van der Waals surface area contributed by atoms with E-state index in [0.29, 0.717) is 5.56 Å². The molecule has 0 aliphatic heterocycles. The second kappa shape index (κ2) is 14.1. The van der Waals surface area contributed by atoms with Gasteiger partial charge in [-0.25, -0.2) is 22.6 Å². The van der Waals surface area contributed by atoms with Gasteiger partial charge >= 0.3 is 18.2 Å². The summed E-state index contributed by atoms with van der Waals surface area (Å²) in [4.78, 5) is 28.1. The maximum absolute atomic E-state index is 13.5. The fourth-order valence-electron chi connectivity index (χ4n) is 3.63. The highest BCUT2D eigenvalue weighted by molar-refractivity contribution is 7.90. The molecular weight excluding hydrogens is 637 g/mol. The van der Waals surface area contributed by atoms with Crippen LogP contribution in [0.15, 0.2) is 64.8 Å². The van der Waals surface area contributed by atoms with E-state index in [-0.39, 0.29) is 27.7 Å². The van der Waals surface area contributed by atoms with Crippen molar-refractivity contribution in [3.05, 3.63) is 71.1 Å². The molecule has 3 aromatic rings. The molecule has 0 saturated carbocycles. The molecule has 1 amide bonds. The summed E-state index contributed by atoms with van der Waals surface area (Å²) in [5, 5.41) is 20.3. The number of hydrogen-bond acceptors (Lipinski definition) is 10. The highest BCUT2D eigenvalue weighted by Gasteiger charge is 2.36. The zero-order chi connectivity index (χ0) is 34.4. The van der Waals surface area contributed by atoms with E-state index in [2.05, 4.69) is 10.4 Å². The third kappa shape index (κ3) is 9.09. The lowest BCUT2D eigenvalue weighted by atomic mass is 10.1. The molecule has 0 aliphatic rings. The van der Waals surface area contributed by atoms with E-state index in [4.69, 9.17) is 14.3 Å². The van der Waals surface area contributed by atoms with Gasteiger partial charge in [0.25, 0.3) is 16.3 Å². The van der Waals surface area contributed by atoms with Gasteiger partial charge in [-0.3, -0.25) is 9.63 Å². The molecule has 14 nitrogen and oxygen atoms in total. The third-order valence-corrected chi connectivity index (χ3v) is 7.83. The van der Waals surface area contributed by atoms with E-state index in [1.807, 2.05) is 6.92 Å². The molecule has 46 heavy (non-hydrogen) atoms. The quantitative estimate of drug-likeness (QED) is 0.0900. The Morgan fingerprint density at radius 1 is 1.13 bits per heavy atom. The Balaban J connectivity index is 1.69. The number of alkyl halides is 3. The number of benzene rings is 2. The van der Waals surface area contributed by atoms with Gasteiger partial charge in [-0.15, -0.1) is 5.01 Å². The van der Waals surface area contributed by atoms with E-state index < -0.39 is 52.4 Å². The van der Waals surface area contributed by atoms with E-state index in [1.54, 1.807) is 35.9 Å². The number of nitrogens with zero attached hydrogens (tertiary/aromatic N) is 5. The molecule has 1 unspecified atom stereocenters. The molecule has 1 N–H and O–H groups in total. The molecule has 1 aromatic heterocycles. The lowest BCUT2D eigenvalue weighted by Crippen LogP contribution is -2.49. The monoisotopic (exact) mass is 670 g/mol. The Hall–Kier alpha value is -4.87. The number of hydrazine groups is 1. The number of hydrogen-bond donors (Lipinski definition) is 1. The van der Waals surface area contributed by atoms with Gasteiger partial charge in [-0.2, -0.15) is 18.3 Å². The molecule has 0 saturated heterocycles. The van der Waals surface area contributed by atoms with Crippen LogP contribution in [-0.2, 0) is 35.3 Å². The molecule has 250 valence electrons. The fourth-order valence-corrected chi connectivity index (χ4v) is 4.52. The summed E-state index contributed by atoms with van der Waals surface area (Å²) in [6.45, 7) is 7.23. The van der Waals surface area contributed by atoms with Crippen molar-refractivity contribution >= 4 is 22.1 Å². The first-order valence-electron chi connectivity index (χ1n) is 13.7. The summed E-state index contributed by atoms with van der Waals surface area (Å²) in [5.41, 5.74) is -0.746. The number of likely N-dealkylation sites (N-methyl/N-ethyl adjacent to an activating group) is 1. The van der Waals surface area contributed by atoms with Gasteiger partial charge in [0.2, 0.25) is 5.28 Å². The second-order valence-corrected chi connectivity index (χ2v) is 12.2. The predicted molar refractivity (Wildman–Crippen MR) is 155 cm³/mol. The van der Waals surface area contributed by atoms with Gasteiger partial charge < -0.3 is 14.7 Å². The normalized spacial score (nSPS) is 13.1. The Morgan fingerprint density at radius 3 is 2.30 bits per heavy atom. The summed E-state index contributed by atoms with van der Waals surface area (Å²) >= 11 is 0. The van der Waals surface area contributed by atoms with Gasteiger partial charge in [0.15, 0.2) is 5.69 Å². The molecule has 3 rings (SSSR count). The molecule has 1 atom stereocenters. The first-order chi connectivity index (χ1) is 21.3. The molecule has 2 aromatic carbocycles. The number of ether oxygens (including phenoxy) is 2. The van der Waals surface area contributed by atoms with Gasteiger partial charge in [-0.05, 0) is 51.1 Å². The van der Waals surface area contributed by atoms with Crippen LogP contribution in [0.3, 0.4) is 0 Å². The summed E-state index contributed by atoms with van der Waals surface area (Å²) in [6, 6.07) is 12.3. The number of esters is 1. The van der Waals surface area contributed by atoms with Crippen molar-refractivity contribution in [1.82, 2.24) is 19.5 Å². The van der Waals surface area contributed by atoms with Gasteiger partial charge in [0.1, 0.15) is 12.1 Å². The number of rotatable bonds is 12. The maximum atomic E-state index is 13.5. The van der Waals surface area contributed by atoms with Crippen molar-refractivity contribution in [3.63, 3.8) is 0 Å². The molecule has 0 spiro atoms. The molecule has 0 aliphatic carbocycles. The second-order valence-electron chi connectivity index (χ2n) is 10.6. The van der Waals surface area contributed by atoms with Crippen LogP contribution in [0.5, 0.6) is 0 Å². The summed E-state index contributed by atoms with van der Waals surface area (Å²) in [5.74, 6) is -0.566. The number of sulfonamides is 1. The molecule has 0 bridgehead atoms. The standard InChI is InChI=1S/C28H33F3N6O8S/c1-7-25(38)44-19(3)45-34-37(40)35(6)27(4,5)17-43-26(39)33-46(41,42)22-14-12-21(13-15-22)36-23(16-24(32-36)28(29,30)31)20-10-8-18(2)9-11-20/h8-16,19H,7,17H2,1-6H3,(H,33,39)/b37-34-. The first-order valence-corrected chi connectivity index (χ1v) is 15.1. The summed E-state index contributed by atoms with van der Waals surface area (Å²) < 4.78 is 78.8. The van der Waals surface area contributed by atoms with Crippen LogP contribution in [0.4, 0.5) is 18.0 Å². The van der Waals surface area contributed by atoms with Gasteiger partial charge in [0, 0.05) is 18.9 Å². The van der Waals surface area contributed by atoms with Crippen LogP contribution < -0.4 is 4.72 Å². The van der Waals surface area contributed by atoms with Crippen LogP contribution in [0.25, 0.3) is 16.9 Å². The van der Waals surface area contributed by atoms with E-state index >= 15 is 0 Å². The molecular formula is C28H33F3N6O8S. The van der Waals surface area contributed by atoms with Crippen LogP contribution in [-0.4, -0.2) is 65.7 Å². The Labute approximate surface area is 262 Å². The van der Waals surface area contributed by atoms with Crippen molar-refractivity contribution in [2.24, 2.45) is 5.28 Å². The van der Waals surface area contributed by atoms with Crippen molar-refractivity contribution in [1.29, 1.82) is 0 Å². The SMILES string of the molecule is CCC(=O)OC(C)O/N=[N+](\[O-])N(C)C(C)(C)COC(=O)NS(=O)(=O)c1ccc(-n2nc(C(F)(F)F)cc2-c2ccc(C)cc2)cc1. The minimum absolute atomic E-state index is 0.0252. The number of aromatic nitrogens is 2. The molecule has 0 fully saturated rings. The van der Waals surface area contributed by atoms with Crippen LogP contribution in [0.2, 0.25) is 0 Å². The highest BCUT2D eigenvalue weighted by Crippen LogP contribution is 2.33. The number of nitrogens with one attached hydrogen (secondary N) is 1. The number of carbonyl (C=O) groups excluding carboxylic acids is 2. The number of carbonyl (C=O) groups is 2. The lowest BCUT2D eigenvalue weighted by Gasteiger charge is -2.30. The molecule has 0 radical (unpaired) electrons. The zero-order valence-corrected chi connectivity index (χ0v) is 26.5. The van der Waals surface area contributed by atoms with Crippen molar-refractivity contribution in [2.45, 2.75) is 63.9 Å². The summed E-state index contributed by atoms with van der Waals surface area (Å²) in [7, 11) is -3.18. The smallest absolute Gasteiger partial charge is 0.435 e. The minimum atomic E-state index is -4.72. The third-order valence-electron chi connectivity index (χ3n) is 6.50. The van der Waals surface area contributed by atoms with Gasteiger partial charge in [-0.1, -0.05) is 36.8 Å². The Morgan fingerprint density at radius 2 is 1.74 bits per heavy atom. The zero-order valence-electron chi connectivity index (χ0n) is 25.7. The average Bonchev–Trinajstić information content (AvgIpc) is 3.45. The van der Waals surface area contributed by atoms with Crippen molar-refractivity contribution in [3.8, 4) is 16.9 Å². The highest BCUT2D eigenvalue weighted by atomic mass is 32.2. The molecule has 1 heterocycles. The largest absolute Gasteiger partial charge is 0.569 e. The van der Waals surface area contributed by atoms with E-state index in [0.717, 1.165) is 33.5 Å². The average molecular weight is 671 g/mol. The fraction of sp³-hybridized carbons (Fsp3) is 0.393. The van der Waals surface area contributed by atoms with Crippen LogP contribution in [0.1, 0.15) is 45.4 Å².